The van der Waals surface area contributed by atoms with Crippen molar-refractivity contribution in [3.63, 3.8) is 0 Å². The van der Waals surface area contributed by atoms with Crippen LogP contribution in [0.3, 0.4) is 0 Å². The van der Waals surface area contributed by atoms with Crippen LogP contribution in [-0.4, -0.2) is 120 Å². The summed E-state index contributed by atoms with van der Waals surface area (Å²) in [7, 11) is 2.78. The molecule has 73 heavy (non-hydrogen) atoms. The van der Waals surface area contributed by atoms with Gasteiger partial charge in [0.05, 0.1) is 62.5 Å². The lowest BCUT2D eigenvalue weighted by molar-refractivity contribution is 0.0690. The number of halogens is 2. The summed E-state index contributed by atoms with van der Waals surface area (Å²) in [6, 6.07) is 14.6. The smallest absolute Gasteiger partial charge is 0.358 e. The fourth-order valence-electron chi connectivity index (χ4n) is 8.17. The Labute approximate surface area is 412 Å². The summed E-state index contributed by atoms with van der Waals surface area (Å²) in [5.41, 5.74) is 13.2. The number of benzene rings is 2. The number of fused-ring (bicyclic) bond motifs is 2. The first kappa shape index (κ1) is 47.5. The van der Waals surface area contributed by atoms with Gasteiger partial charge < -0.3 is 29.1 Å². The maximum atomic E-state index is 15.0. The minimum absolute atomic E-state index is 0.0240. The molecule has 0 saturated heterocycles. The number of ether oxygens (including phenoxy) is 2. The molecule has 2 aliphatic rings. The number of tetrazole rings is 2. The number of ketones is 1. The molecular formula is C47H45F2N19O5. The number of carboxylic acids is 1. The van der Waals surface area contributed by atoms with Crippen LogP contribution < -0.4 is 15.2 Å². The highest BCUT2D eigenvalue weighted by molar-refractivity contribution is 5.94. The molecular weight excluding hydrogens is 949 g/mol. The SMILES string of the molecule is COc1ccc(-n2cnnn2)c(CCC(=O)c2cn(Cc3cn4cc(C5CC5)ccc4n3)nn2)c1F.COc1ccc(-n2cnnn2)c(CN)c1F.O=C(O)c1cn(Cc2cn3cc(C4CC4)ccc3n2)nn1. The Kier molecular flexibility index (Phi) is 13.4. The van der Waals surface area contributed by atoms with Gasteiger partial charge in [0.25, 0.3) is 0 Å². The third-order valence-electron chi connectivity index (χ3n) is 12.2. The molecule has 0 atom stereocenters. The number of hydrogen-bond acceptors (Lipinski definition) is 17. The van der Waals surface area contributed by atoms with Gasteiger partial charge in [-0.25, -0.2) is 42.3 Å². The molecule has 372 valence electrons. The number of rotatable bonds is 16. The van der Waals surface area contributed by atoms with Gasteiger partial charge in [-0.1, -0.05) is 22.6 Å². The van der Waals surface area contributed by atoms with E-state index in [1.807, 2.05) is 33.3 Å². The van der Waals surface area contributed by atoms with E-state index in [1.54, 1.807) is 23.0 Å². The van der Waals surface area contributed by atoms with Gasteiger partial charge in [0.1, 0.15) is 29.6 Å². The number of aromatic carboxylic acids is 1. The Morgan fingerprint density at radius 3 is 1.59 bits per heavy atom. The van der Waals surface area contributed by atoms with E-state index in [4.69, 9.17) is 20.3 Å². The molecule has 2 fully saturated rings. The molecule has 26 heteroatoms. The average molecular weight is 994 g/mol. The minimum atomic E-state index is -1.08. The second-order valence-electron chi connectivity index (χ2n) is 17.2. The van der Waals surface area contributed by atoms with Crippen LogP contribution >= 0.6 is 0 Å². The number of pyridine rings is 2. The van der Waals surface area contributed by atoms with Crippen LogP contribution in [-0.2, 0) is 26.1 Å². The first-order chi connectivity index (χ1) is 35.5. The number of nitrogens with two attached hydrogens (primary N) is 1. The minimum Gasteiger partial charge on any atom is -0.494 e. The Morgan fingerprint density at radius 2 is 1.14 bits per heavy atom. The molecule has 0 amide bonds. The van der Waals surface area contributed by atoms with E-state index >= 15 is 4.39 Å². The molecule has 0 bridgehead atoms. The summed E-state index contributed by atoms with van der Waals surface area (Å²) in [6.07, 6.45) is 19.1. The number of carbonyl (C=O) groups excluding carboxylic acids is 1. The van der Waals surface area contributed by atoms with Crippen LogP contribution in [0.25, 0.3) is 22.7 Å². The lowest BCUT2D eigenvalue weighted by Crippen LogP contribution is -2.09. The van der Waals surface area contributed by atoms with Gasteiger partial charge >= 0.3 is 5.97 Å². The van der Waals surface area contributed by atoms with Crippen molar-refractivity contribution in [2.24, 2.45) is 5.73 Å². The first-order valence-corrected chi connectivity index (χ1v) is 22.9. The number of imidazole rings is 2. The van der Waals surface area contributed by atoms with E-state index in [2.05, 4.69) is 86.2 Å². The van der Waals surface area contributed by atoms with Crippen LogP contribution in [0.2, 0.25) is 0 Å². The van der Waals surface area contributed by atoms with Crippen LogP contribution in [0.4, 0.5) is 8.78 Å². The molecule has 0 spiro atoms. The molecule has 10 aromatic rings. The molecule has 2 aromatic carbocycles. The van der Waals surface area contributed by atoms with E-state index in [0.29, 0.717) is 41.9 Å². The quantitative estimate of drug-likeness (QED) is 0.125. The highest BCUT2D eigenvalue weighted by Gasteiger charge is 2.25. The highest BCUT2D eigenvalue weighted by atomic mass is 19.1. The fourth-order valence-corrected chi connectivity index (χ4v) is 8.17. The van der Waals surface area contributed by atoms with Crippen molar-refractivity contribution in [3.8, 4) is 22.9 Å². The third-order valence-corrected chi connectivity index (χ3v) is 12.2. The van der Waals surface area contributed by atoms with Gasteiger partial charge in [0.2, 0.25) is 0 Å². The number of carbonyl (C=O) groups is 2. The summed E-state index contributed by atoms with van der Waals surface area (Å²) in [5, 5.41) is 46.0. The lowest BCUT2D eigenvalue weighted by Gasteiger charge is -2.12. The average Bonchev–Trinajstić information content (AvgIpc) is 3.86. The first-order valence-electron chi connectivity index (χ1n) is 22.9. The van der Waals surface area contributed by atoms with E-state index in [0.717, 1.165) is 22.7 Å². The van der Waals surface area contributed by atoms with Crippen molar-refractivity contribution < 1.29 is 33.0 Å². The monoisotopic (exact) mass is 993 g/mol. The van der Waals surface area contributed by atoms with E-state index in [-0.39, 0.29) is 53.6 Å². The lowest BCUT2D eigenvalue weighted by atomic mass is 10.0. The number of nitrogens with zero attached hydrogens (tertiary/aromatic N) is 18. The van der Waals surface area contributed by atoms with Crippen LogP contribution in [0, 0.1) is 11.6 Å². The zero-order chi connectivity index (χ0) is 50.6. The summed E-state index contributed by atoms with van der Waals surface area (Å²) < 4.78 is 48.6. The Balaban J connectivity index is 0.000000139. The number of Topliss-reactive ketones (excluding diaryl/α,β-unsaturated/α-hetero) is 1. The van der Waals surface area contributed by atoms with Crippen molar-refractivity contribution in [1.29, 1.82) is 0 Å². The normalized spacial score (nSPS) is 13.1. The Hall–Kier alpha value is -9.20. The molecule has 2 saturated carbocycles. The van der Waals surface area contributed by atoms with Crippen molar-refractivity contribution in [1.82, 2.24) is 89.2 Å². The third kappa shape index (κ3) is 10.6. The topological polar surface area (TPSA) is 282 Å². The van der Waals surface area contributed by atoms with Crippen molar-refractivity contribution in [2.45, 2.75) is 70.0 Å². The van der Waals surface area contributed by atoms with Gasteiger partial charge in [-0.05, 0) is 112 Å². The zero-order valence-corrected chi connectivity index (χ0v) is 39.2. The van der Waals surface area contributed by atoms with E-state index < -0.39 is 17.6 Å². The fraction of sp³-hybridized carbons (Fsp3) is 0.277. The molecule has 0 unspecified atom stereocenters. The van der Waals surface area contributed by atoms with E-state index in [9.17, 15) is 14.0 Å². The molecule has 12 rings (SSSR count). The van der Waals surface area contributed by atoms with Crippen LogP contribution in [0.5, 0.6) is 11.5 Å². The highest BCUT2D eigenvalue weighted by Crippen LogP contribution is 2.40. The van der Waals surface area contributed by atoms with Crippen LogP contribution in [0.1, 0.15) is 98.6 Å². The van der Waals surface area contributed by atoms with Gasteiger partial charge in [-0.15, -0.1) is 20.4 Å². The molecule has 24 nitrogen and oxygen atoms in total. The molecule has 3 N–H and O–H groups in total. The second-order valence-corrected chi connectivity index (χ2v) is 17.2. The van der Waals surface area contributed by atoms with Gasteiger partial charge in [0, 0.05) is 48.9 Å². The maximum Gasteiger partial charge on any atom is 0.358 e. The second kappa shape index (κ2) is 20.6. The standard InChI is InChI=1S/C24H22FN9O2.C14H13N5O2.C9H10FN5O/c1-36-22-8-6-20(34-14-26-29-31-34)18(24(22)25)5-7-21(35)19-13-33(30-28-19)12-17-11-32-10-16(15-2-3-15)4-9-23(32)27-17;20-14(21)12-8-19(17-16-12)7-11-6-18-5-10(9-1-2-9)3-4-13(18)15-11;1-16-8-3-2-7(6(4-11)9(8)10)15-5-12-13-14-15/h4,6,8-11,13-15H,2-3,5,7,12H2,1H3;3-6,8-9H,1-2,7H2,(H,20,21);2-3,5H,4,11H2,1H3. The number of methoxy groups -OCH3 is 2. The van der Waals surface area contributed by atoms with Gasteiger partial charge in [0.15, 0.2) is 34.6 Å². The molecule has 8 heterocycles. The molecule has 0 aliphatic heterocycles. The molecule has 8 aromatic heterocycles. The van der Waals surface area contributed by atoms with Crippen LogP contribution in [0.15, 0.2) is 98.4 Å². The summed E-state index contributed by atoms with van der Waals surface area (Å²) >= 11 is 0. The maximum absolute atomic E-state index is 15.0. The summed E-state index contributed by atoms with van der Waals surface area (Å²) in [5.74, 6) is -0.779. The number of aromatic nitrogens is 18. The zero-order valence-electron chi connectivity index (χ0n) is 39.2. The Bertz CT molecular complexity index is 3560. The molecule has 2 aliphatic carbocycles. The van der Waals surface area contributed by atoms with Gasteiger partial charge in [-0.3, -0.25) is 4.79 Å². The Morgan fingerprint density at radius 1 is 0.644 bits per heavy atom. The van der Waals surface area contributed by atoms with Crippen molar-refractivity contribution in [3.05, 3.63) is 155 Å². The largest absolute Gasteiger partial charge is 0.494 e. The molecule has 0 radical (unpaired) electrons. The van der Waals surface area contributed by atoms with Crippen molar-refractivity contribution in [2.75, 3.05) is 14.2 Å². The predicted octanol–water partition coefficient (Wildman–Crippen LogP) is 4.61. The predicted molar refractivity (Wildman–Crippen MR) is 251 cm³/mol. The number of carboxylic acid groups (broad SMARTS) is 1. The summed E-state index contributed by atoms with van der Waals surface area (Å²) in [4.78, 5) is 32.8. The van der Waals surface area contributed by atoms with Gasteiger partial charge in [-0.2, -0.15) is 0 Å². The summed E-state index contributed by atoms with van der Waals surface area (Å²) in [6.45, 7) is 0.827. The van der Waals surface area contributed by atoms with E-state index in [1.165, 1.54) is 96.1 Å². The number of hydrogen-bond donors (Lipinski definition) is 2. The van der Waals surface area contributed by atoms with Crippen molar-refractivity contribution >= 4 is 23.0 Å².